The van der Waals surface area contributed by atoms with Crippen molar-refractivity contribution in [1.82, 2.24) is 4.31 Å². The Bertz CT molecular complexity index is 430. The minimum atomic E-state index is -3.46. The molecule has 2 unspecified atom stereocenters. The van der Waals surface area contributed by atoms with Crippen molar-refractivity contribution in [3.8, 4) is 0 Å². The number of rotatable bonds is 7. The normalized spacial score (nSPS) is 27.9. The number of carbonyl (C=O) groups is 1. The van der Waals surface area contributed by atoms with Gasteiger partial charge in [0.2, 0.25) is 10.0 Å². The van der Waals surface area contributed by atoms with E-state index in [0.29, 0.717) is 38.3 Å². The highest BCUT2D eigenvalue weighted by atomic mass is 32.2. The monoisotopic (exact) mass is 289 g/mol. The molecule has 1 N–H and O–H groups in total. The number of sulfonamides is 1. The molecule has 6 heteroatoms. The van der Waals surface area contributed by atoms with Gasteiger partial charge < -0.3 is 5.11 Å². The molecule has 19 heavy (non-hydrogen) atoms. The Balaban J connectivity index is 2.15. The lowest BCUT2D eigenvalue weighted by molar-refractivity contribution is -0.141. The predicted molar refractivity (Wildman–Crippen MR) is 72.3 cm³/mol. The Labute approximate surface area is 115 Å². The average Bonchev–Trinajstić information content (AvgIpc) is 3.01. The van der Waals surface area contributed by atoms with E-state index in [0.717, 1.165) is 19.3 Å². The highest BCUT2D eigenvalue weighted by Crippen LogP contribution is 2.36. The minimum absolute atomic E-state index is 0.489. The Morgan fingerprint density at radius 2 is 1.95 bits per heavy atom. The fourth-order valence-corrected chi connectivity index (χ4v) is 5.29. The fraction of sp³-hybridized carbons (Fsp3) is 0.923. The summed E-state index contributed by atoms with van der Waals surface area (Å²) in [6.07, 6.45) is 4.65. The van der Waals surface area contributed by atoms with Crippen LogP contribution < -0.4 is 0 Å². The van der Waals surface area contributed by atoms with Gasteiger partial charge in [-0.3, -0.25) is 4.79 Å². The molecule has 0 amide bonds. The summed E-state index contributed by atoms with van der Waals surface area (Å²) in [4.78, 5) is 11.2. The van der Waals surface area contributed by atoms with Gasteiger partial charge in [-0.1, -0.05) is 13.3 Å². The Hall–Kier alpha value is -0.620. The van der Waals surface area contributed by atoms with Crippen LogP contribution in [-0.2, 0) is 14.8 Å². The molecule has 0 bridgehead atoms. The SMILES string of the molecule is CCCN(CC1CC1)S(=O)(=O)C1CCCC1C(=O)O. The average molecular weight is 289 g/mol. The molecule has 2 fully saturated rings. The van der Waals surface area contributed by atoms with Gasteiger partial charge in [0.25, 0.3) is 0 Å². The highest BCUT2D eigenvalue weighted by Gasteiger charge is 2.44. The Morgan fingerprint density at radius 1 is 1.26 bits per heavy atom. The van der Waals surface area contributed by atoms with Crippen LogP contribution in [0.5, 0.6) is 0 Å². The summed E-state index contributed by atoms with van der Waals surface area (Å²) in [5.74, 6) is -1.19. The van der Waals surface area contributed by atoms with Crippen LogP contribution in [0.15, 0.2) is 0 Å². The van der Waals surface area contributed by atoms with Gasteiger partial charge in [0.1, 0.15) is 0 Å². The number of nitrogens with zero attached hydrogens (tertiary/aromatic N) is 1. The Morgan fingerprint density at radius 3 is 2.47 bits per heavy atom. The molecule has 0 saturated heterocycles. The zero-order chi connectivity index (χ0) is 14.0. The molecule has 0 aromatic heterocycles. The smallest absolute Gasteiger partial charge is 0.307 e. The van der Waals surface area contributed by atoms with Gasteiger partial charge in [0.15, 0.2) is 0 Å². The molecule has 0 aromatic rings. The van der Waals surface area contributed by atoms with Gasteiger partial charge >= 0.3 is 5.97 Å². The summed E-state index contributed by atoms with van der Waals surface area (Å²) >= 11 is 0. The van der Waals surface area contributed by atoms with E-state index < -0.39 is 27.2 Å². The largest absolute Gasteiger partial charge is 0.481 e. The summed E-state index contributed by atoms with van der Waals surface area (Å²) < 4.78 is 26.9. The second-order valence-electron chi connectivity index (χ2n) is 5.76. The van der Waals surface area contributed by atoms with E-state index in [1.807, 2.05) is 6.92 Å². The second kappa shape index (κ2) is 5.79. The standard InChI is InChI=1S/C13H23NO4S/c1-2-8-14(9-10-6-7-10)19(17,18)12-5-3-4-11(12)13(15)16/h10-12H,2-9H2,1H3,(H,15,16). The maximum Gasteiger partial charge on any atom is 0.307 e. The highest BCUT2D eigenvalue weighted by molar-refractivity contribution is 7.89. The molecule has 5 nitrogen and oxygen atoms in total. The van der Waals surface area contributed by atoms with Crippen molar-refractivity contribution in [2.45, 2.75) is 50.7 Å². The molecule has 0 aromatic carbocycles. The number of aliphatic carboxylic acids is 1. The van der Waals surface area contributed by atoms with Crippen LogP contribution >= 0.6 is 0 Å². The molecule has 0 spiro atoms. The van der Waals surface area contributed by atoms with Crippen molar-refractivity contribution in [1.29, 1.82) is 0 Å². The summed E-state index contributed by atoms with van der Waals surface area (Å²) in [6, 6.07) is 0. The van der Waals surface area contributed by atoms with Gasteiger partial charge in [-0.05, 0) is 38.0 Å². The van der Waals surface area contributed by atoms with Crippen LogP contribution in [0.1, 0.15) is 45.4 Å². The number of hydrogen-bond donors (Lipinski definition) is 1. The fourth-order valence-electron chi connectivity index (χ4n) is 2.92. The van der Waals surface area contributed by atoms with E-state index in [2.05, 4.69) is 0 Å². The maximum atomic E-state index is 12.7. The van der Waals surface area contributed by atoms with Crippen molar-refractivity contribution in [2.24, 2.45) is 11.8 Å². The van der Waals surface area contributed by atoms with Crippen molar-refractivity contribution in [3.05, 3.63) is 0 Å². The van der Waals surface area contributed by atoms with Crippen LogP contribution in [0.25, 0.3) is 0 Å². The first-order chi connectivity index (χ1) is 8.96. The summed E-state index contributed by atoms with van der Waals surface area (Å²) in [5.41, 5.74) is 0. The molecular formula is C13H23NO4S. The van der Waals surface area contributed by atoms with E-state index in [1.165, 1.54) is 0 Å². The number of carboxylic acid groups (broad SMARTS) is 1. The lowest BCUT2D eigenvalue weighted by Crippen LogP contribution is -2.43. The van der Waals surface area contributed by atoms with E-state index in [4.69, 9.17) is 5.11 Å². The maximum absolute atomic E-state index is 12.7. The van der Waals surface area contributed by atoms with Crippen molar-refractivity contribution < 1.29 is 18.3 Å². The molecule has 0 radical (unpaired) electrons. The second-order valence-corrected chi connectivity index (χ2v) is 7.91. The molecule has 2 aliphatic carbocycles. The lowest BCUT2D eigenvalue weighted by atomic mass is 10.1. The van der Waals surface area contributed by atoms with Crippen LogP contribution in [0.3, 0.4) is 0 Å². The zero-order valence-electron chi connectivity index (χ0n) is 11.4. The van der Waals surface area contributed by atoms with Crippen molar-refractivity contribution in [3.63, 3.8) is 0 Å². The summed E-state index contributed by atoms with van der Waals surface area (Å²) in [6.45, 7) is 3.05. The molecule has 2 aliphatic rings. The quantitative estimate of drug-likeness (QED) is 0.774. The molecular weight excluding hydrogens is 266 g/mol. The van der Waals surface area contributed by atoms with Crippen LogP contribution in [0, 0.1) is 11.8 Å². The van der Waals surface area contributed by atoms with Gasteiger partial charge in [-0.2, -0.15) is 0 Å². The van der Waals surface area contributed by atoms with Gasteiger partial charge in [0.05, 0.1) is 11.2 Å². The zero-order valence-corrected chi connectivity index (χ0v) is 12.2. The number of hydrogen-bond acceptors (Lipinski definition) is 3. The first-order valence-electron chi connectivity index (χ1n) is 7.18. The van der Waals surface area contributed by atoms with Crippen molar-refractivity contribution in [2.75, 3.05) is 13.1 Å². The van der Waals surface area contributed by atoms with E-state index in [1.54, 1.807) is 4.31 Å². The van der Waals surface area contributed by atoms with E-state index >= 15 is 0 Å². The topological polar surface area (TPSA) is 74.7 Å². The molecule has 2 saturated carbocycles. The van der Waals surface area contributed by atoms with E-state index in [9.17, 15) is 13.2 Å². The van der Waals surface area contributed by atoms with Crippen LogP contribution in [0.4, 0.5) is 0 Å². The van der Waals surface area contributed by atoms with Gasteiger partial charge in [-0.25, -0.2) is 12.7 Å². The molecule has 0 aliphatic heterocycles. The molecule has 0 heterocycles. The lowest BCUT2D eigenvalue weighted by Gasteiger charge is -2.27. The third kappa shape index (κ3) is 3.28. The molecule has 110 valence electrons. The predicted octanol–water partition coefficient (Wildman–Crippen LogP) is 1.69. The van der Waals surface area contributed by atoms with Crippen LogP contribution in [0.2, 0.25) is 0 Å². The summed E-state index contributed by atoms with van der Waals surface area (Å²) in [5, 5.41) is 8.46. The third-order valence-electron chi connectivity index (χ3n) is 4.14. The van der Waals surface area contributed by atoms with Crippen LogP contribution in [-0.4, -0.2) is 42.1 Å². The molecule has 2 rings (SSSR count). The first-order valence-corrected chi connectivity index (χ1v) is 8.69. The Kier molecular flexibility index (Phi) is 4.50. The van der Waals surface area contributed by atoms with E-state index in [-0.39, 0.29) is 0 Å². The third-order valence-corrected chi connectivity index (χ3v) is 6.52. The molecule has 2 atom stereocenters. The van der Waals surface area contributed by atoms with Gasteiger partial charge in [0, 0.05) is 13.1 Å². The summed E-state index contributed by atoms with van der Waals surface area (Å²) in [7, 11) is -3.46. The van der Waals surface area contributed by atoms with Crippen molar-refractivity contribution >= 4 is 16.0 Å². The number of carboxylic acids is 1. The minimum Gasteiger partial charge on any atom is -0.481 e. The van der Waals surface area contributed by atoms with Gasteiger partial charge in [-0.15, -0.1) is 0 Å². The first kappa shape index (κ1) is 14.8.